The van der Waals surface area contributed by atoms with E-state index in [0.29, 0.717) is 0 Å². The first-order chi connectivity index (χ1) is 6.25. The SMILES string of the molecule is N[C@H](CC1CC1)c1cccc(F)c1. The lowest BCUT2D eigenvalue weighted by molar-refractivity contribution is 0.583. The number of rotatable bonds is 3. The van der Waals surface area contributed by atoms with E-state index in [1.54, 1.807) is 6.07 Å². The Labute approximate surface area is 77.8 Å². The van der Waals surface area contributed by atoms with Crippen molar-refractivity contribution < 1.29 is 4.39 Å². The molecule has 0 radical (unpaired) electrons. The summed E-state index contributed by atoms with van der Waals surface area (Å²) in [6.45, 7) is 0. The van der Waals surface area contributed by atoms with Crippen molar-refractivity contribution in [2.45, 2.75) is 25.3 Å². The van der Waals surface area contributed by atoms with Crippen LogP contribution in [-0.2, 0) is 0 Å². The molecule has 0 amide bonds. The lowest BCUT2D eigenvalue weighted by Gasteiger charge is -2.10. The topological polar surface area (TPSA) is 26.0 Å². The molecule has 0 spiro atoms. The van der Waals surface area contributed by atoms with Gasteiger partial charge in [0.1, 0.15) is 5.82 Å². The van der Waals surface area contributed by atoms with Crippen LogP contribution in [0.2, 0.25) is 0 Å². The first-order valence-electron chi connectivity index (χ1n) is 4.77. The predicted molar refractivity (Wildman–Crippen MR) is 50.7 cm³/mol. The summed E-state index contributed by atoms with van der Waals surface area (Å²) in [5.74, 6) is 0.599. The summed E-state index contributed by atoms with van der Waals surface area (Å²) in [5, 5.41) is 0. The van der Waals surface area contributed by atoms with Crippen molar-refractivity contribution in [3.8, 4) is 0 Å². The third-order valence-corrected chi connectivity index (χ3v) is 2.56. The zero-order chi connectivity index (χ0) is 9.26. The molecule has 1 aliphatic carbocycles. The van der Waals surface area contributed by atoms with Crippen LogP contribution in [0.15, 0.2) is 24.3 Å². The predicted octanol–water partition coefficient (Wildman–Crippen LogP) is 2.63. The Morgan fingerprint density at radius 1 is 1.46 bits per heavy atom. The van der Waals surface area contributed by atoms with Crippen molar-refractivity contribution in [2.24, 2.45) is 11.7 Å². The van der Waals surface area contributed by atoms with Crippen molar-refractivity contribution in [3.05, 3.63) is 35.6 Å². The van der Waals surface area contributed by atoms with Crippen LogP contribution in [0.5, 0.6) is 0 Å². The second kappa shape index (κ2) is 3.46. The van der Waals surface area contributed by atoms with E-state index in [1.807, 2.05) is 6.07 Å². The number of benzene rings is 1. The standard InChI is InChI=1S/C11H14FN/c12-10-3-1-2-9(7-10)11(13)6-8-4-5-8/h1-3,7-8,11H,4-6,13H2/t11-/m1/s1. The minimum absolute atomic E-state index is 0.0169. The highest BCUT2D eigenvalue weighted by atomic mass is 19.1. The Kier molecular flexibility index (Phi) is 2.32. The lowest BCUT2D eigenvalue weighted by atomic mass is 10.0. The van der Waals surface area contributed by atoms with Gasteiger partial charge < -0.3 is 5.73 Å². The molecule has 1 nitrogen and oxygen atoms in total. The normalized spacial score (nSPS) is 18.6. The fourth-order valence-electron chi connectivity index (χ4n) is 1.59. The summed E-state index contributed by atoms with van der Waals surface area (Å²) in [5.41, 5.74) is 6.86. The third-order valence-electron chi connectivity index (χ3n) is 2.56. The molecule has 0 saturated heterocycles. The molecule has 13 heavy (non-hydrogen) atoms. The monoisotopic (exact) mass is 179 g/mol. The van der Waals surface area contributed by atoms with Gasteiger partial charge in [-0.3, -0.25) is 0 Å². The first-order valence-corrected chi connectivity index (χ1v) is 4.77. The molecule has 0 aliphatic heterocycles. The average Bonchev–Trinajstić information content (AvgIpc) is 2.88. The summed E-state index contributed by atoms with van der Waals surface area (Å²) >= 11 is 0. The molecule has 0 heterocycles. The van der Waals surface area contributed by atoms with E-state index >= 15 is 0 Å². The Bertz CT molecular complexity index is 294. The molecule has 1 atom stereocenters. The second-order valence-corrected chi connectivity index (χ2v) is 3.84. The molecule has 0 aromatic heterocycles. The van der Waals surface area contributed by atoms with Crippen LogP contribution in [0.3, 0.4) is 0 Å². The quantitative estimate of drug-likeness (QED) is 0.758. The van der Waals surface area contributed by atoms with Crippen molar-refractivity contribution in [3.63, 3.8) is 0 Å². The van der Waals surface area contributed by atoms with Crippen LogP contribution >= 0.6 is 0 Å². The first kappa shape index (κ1) is 8.70. The number of nitrogens with two attached hydrogens (primary N) is 1. The number of hydrogen-bond donors (Lipinski definition) is 1. The van der Waals surface area contributed by atoms with E-state index in [4.69, 9.17) is 5.73 Å². The van der Waals surface area contributed by atoms with Gasteiger partial charge in [-0.2, -0.15) is 0 Å². The van der Waals surface area contributed by atoms with E-state index in [1.165, 1.54) is 25.0 Å². The molecule has 1 aromatic rings. The molecule has 1 aliphatic rings. The molecule has 1 fully saturated rings. The van der Waals surface area contributed by atoms with E-state index in [-0.39, 0.29) is 11.9 Å². The second-order valence-electron chi connectivity index (χ2n) is 3.84. The molecule has 0 unspecified atom stereocenters. The summed E-state index contributed by atoms with van der Waals surface area (Å²) in [6.07, 6.45) is 3.59. The molecule has 2 N–H and O–H groups in total. The Hall–Kier alpha value is -0.890. The summed E-state index contributed by atoms with van der Waals surface area (Å²) in [6, 6.07) is 6.62. The lowest BCUT2D eigenvalue weighted by Crippen LogP contribution is -2.10. The summed E-state index contributed by atoms with van der Waals surface area (Å²) in [4.78, 5) is 0. The van der Waals surface area contributed by atoms with Crippen LogP contribution in [0, 0.1) is 11.7 Å². The van der Waals surface area contributed by atoms with E-state index < -0.39 is 0 Å². The zero-order valence-electron chi connectivity index (χ0n) is 7.54. The maximum atomic E-state index is 12.8. The maximum absolute atomic E-state index is 12.8. The van der Waals surface area contributed by atoms with Gasteiger partial charge in [0, 0.05) is 6.04 Å². The molecule has 0 bridgehead atoms. The molecule has 1 aromatic carbocycles. The van der Waals surface area contributed by atoms with Crippen molar-refractivity contribution in [1.82, 2.24) is 0 Å². The van der Waals surface area contributed by atoms with Crippen LogP contribution in [0.25, 0.3) is 0 Å². The molecule has 70 valence electrons. The number of halogens is 1. The molecule has 2 heteroatoms. The number of hydrogen-bond acceptors (Lipinski definition) is 1. The minimum Gasteiger partial charge on any atom is -0.324 e. The van der Waals surface area contributed by atoms with Gasteiger partial charge in [-0.05, 0) is 30.0 Å². The maximum Gasteiger partial charge on any atom is 0.123 e. The highest BCUT2D eigenvalue weighted by molar-refractivity contribution is 5.19. The van der Waals surface area contributed by atoms with Gasteiger partial charge in [-0.25, -0.2) is 4.39 Å². The Morgan fingerprint density at radius 3 is 2.85 bits per heavy atom. The minimum atomic E-state index is -0.191. The van der Waals surface area contributed by atoms with E-state index in [0.717, 1.165) is 17.9 Å². The van der Waals surface area contributed by atoms with Crippen LogP contribution in [0.4, 0.5) is 4.39 Å². The van der Waals surface area contributed by atoms with Crippen molar-refractivity contribution >= 4 is 0 Å². The van der Waals surface area contributed by atoms with Crippen LogP contribution in [-0.4, -0.2) is 0 Å². The van der Waals surface area contributed by atoms with E-state index in [2.05, 4.69) is 0 Å². The van der Waals surface area contributed by atoms with Crippen molar-refractivity contribution in [2.75, 3.05) is 0 Å². The molecule has 1 saturated carbocycles. The third kappa shape index (κ3) is 2.28. The Balaban J connectivity index is 2.04. The van der Waals surface area contributed by atoms with Gasteiger partial charge in [0.15, 0.2) is 0 Å². The summed E-state index contributed by atoms with van der Waals surface area (Å²) < 4.78 is 12.8. The van der Waals surface area contributed by atoms with Crippen LogP contribution < -0.4 is 5.73 Å². The largest absolute Gasteiger partial charge is 0.324 e. The van der Waals surface area contributed by atoms with Gasteiger partial charge in [0.05, 0.1) is 0 Å². The molecular weight excluding hydrogens is 165 g/mol. The van der Waals surface area contributed by atoms with Gasteiger partial charge in [-0.1, -0.05) is 25.0 Å². The Morgan fingerprint density at radius 2 is 2.23 bits per heavy atom. The van der Waals surface area contributed by atoms with Gasteiger partial charge in [0.25, 0.3) is 0 Å². The van der Waals surface area contributed by atoms with Crippen molar-refractivity contribution in [1.29, 1.82) is 0 Å². The summed E-state index contributed by atoms with van der Waals surface area (Å²) in [7, 11) is 0. The van der Waals surface area contributed by atoms with E-state index in [9.17, 15) is 4.39 Å². The highest BCUT2D eigenvalue weighted by Crippen LogP contribution is 2.36. The highest BCUT2D eigenvalue weighted by Gasteiger charge is 2.24. The van der Waals surface area contributed by atoms with Gasteiger partial charge >= 0.3 is 0 Å². The smallest absolute Gasteiger partial charge is 0.123 e. The van der Waals surface area contributed by atoms with Gasteiger partial charge in [-0.15, -0.1) is 0 Å². The fraction of sp³-hybridized carbons (Fsp3) is 0.455. The fourth-order valence-corrected chi connectivity index (χ4v) is 1.59. The molecular formula is C11H14FN. The zero-order valence-corrected chi connectivity index (χ0v) is 7.54. The van der Waals surface area contributed by atoms with Crippen LogP contribution in [0.1, 0.15) is 30.9 Å². The van der Waals surface area contributed by atoms with Gasteiger partial charge in [0.2, 0.25) is 0 Å². The molecule has 2 rings (SSSR count). The average molecular weight is 179 g/mol.